The normalized spacial score (nSPS) is 10.7. The molecule has 0 bridgehead atoms. The van der Waals surface area contributed by atoms with Gasteiger partial charge in [-0.2, -0.15) is 0 Å². The number of halogens is 1. The van der Waals surface area contributed by atoms with Crippen molar-refractivity contribution in [3.05, 3.63) is 58.3 Å². The van der Waals surface area contributed by atoms with E-state index in [9.17, 15) is 4.79 Å². The van der Waals surface area contributed by atoms with Gasteiger partial charge in [-0.25, -0.2) is 4.98 Å². The van der Waals surface area contributed by atoms with Crippen molar-refractivity contribution in [3.63, 3.8) is 0 Å². The molecule has 1 heterocycles. The minimum Gasteiger partial charge on any atom is -0.496 e. The number of carbonyl (C=O) groups excluding carboxylic acids is 1. The molecule has 0 aliphatic rings. The summed E-state index contributed by atoms with van der Waals surface area (Å²) in [4.78, 5) is 21.6. The number of rotatable bonds is 4. The molecule has 3 aromatic rings. The van der Waals surface area contributed by atoms with E-state index in [1.165, 1.54) is 0 Å². The van der Waals surface area contributed by atoms with Gasteiger partial charge in [0.2, 0.25) is 0 Å². The van der Waals surface area contributed by atoms with Crippen LogP contribution >= 0.6 is 15.9 Å². The molecule has 0 aliphatic heterocycles. The molecule has 0 aliphatic carbocycles. The maximum absolute atomic E-state index is 12.6. The minimum absolute atomic E-state index is 0.164. The highest BCUT2D eigenvalue weighted by Gasteiger charge is 2.17. The number of imidazole rings is 1. The van der Waals surface area contributed by atoms with E-state index in [-0.39, 0.29) is 5.91 Å². The third-order valence-corrected chi connectivity index (χ3v) is 4.09. The van der Waals surface area contributed by atoms with Gasteiger partial charge in [-0.05, 0) is 24.3 Å². The second-order valence-corrected chi connectivity index (χ2v) is 6.14. The number of benzene rings is 2. The largest absolute Gasteiger partial charge is 0.496 e. The van der Waals surface area contributed by atoms with Gasteiger partial charge in [0.1, 0.15) is 5.75 Å². The summed E-state index contributed by atoms with van der Waals surface area (Å²) in [6.07, 6.45) is 0. The second-order valence-electron chi connectivity index (χ2n) is 5.22. The number of methoxy groups -OCH3 is 1. The van der Waals surface area contributed by atoms with Gasteiger partial charge in [-0.3, -0.25) is 4.79 Å². The number of fused-ring (bicyclic) bond motifs is 1. The van der Waals surface area contributed by atoms with Crippen LogP contribution in [0.15, 0.2) is 46.9 Å². The van der Waals surface area contributed by atoms with Crippen molar-refractivity contribution in [1.29, 1.82) is 0 Å². The van der Waals surface area contributed by atoms with Crippen LogP contribution < -0.4 is 4.74 Å². The Kier molecular flexibility index (Phi) is 4.34. The van der Waals surface area contributed by atoms with E-state index < -0.39 is 0 Å². The van der Waals surface area contributed by atoms with Crippen LogP contribution in [-0.4, -0.2) is 34.9 Å². The number of hydrogen-bond donors (Lipinski definition) is 1. The van der Waals surface area contributed by atoms with Crippen molar-refractivity contribution in [1.82, 2.24) is 14.9 Å². The Morgan fingerprint density at radius 3 is 2.87 bits per heavy atom. The molecule has 1 aromatic heterocycles. The van der Waals surface area contributed by atoms with Crippen molar-refractivity contribution < 1.29 is 9.53 Å². The molecule has 0 saturated carbocycles. The SMILES string of the molecule is COc1ccccc1CN(C)C(=O)c1nc2ccc(Br)cc2[nH]1. The summed E-state index contributed by atoms with van der Waals surface area (Å²) in [5, 5.41) is 0. The van der Waals surface area contributed by atoms with Crippen molar-refractivity contribution in [2.45, 2.75) is 6.54 Å². The molecule has 1 N–H and O–H groups in total. The molecule has 6 heteroatoms. The average Bonchev–Trinajstić information content (AvgIpc) is 2.97. The third kappa shape index (κ3) is 3.22. The molecule has 23 heavy (non-hydrogen) atoms. The van der Waals surface area contributed by atoms with Gasteiger partial charge >= 0.3 is 0 Å². The number of para-hydroxylation sites is 1. The highest BCUT2D eigenvalue weighted by Crippen LogP contribution is 2.21. The van der Waals surface area contributed by atoms with Crippen LogP contribution in [0.2, 0.25) is 0 Å². The Hall–Kier alpha value is -2.34. The number of carbonyl (C=O) groups is 1. The summed E-state index contributed by atoms with van der Waals surface area (Å²) in [6.45, 7) is 0.448. The zero-order valence-corrected chi connectivity index (χ0v) is 14.4. The highest BCUT2D eigenvalue weighted by atomic mass is 79.9. The summed E-state index contributed by atoms with van der Waals surface area (Å²) in [5.74, 6) is 0.930. The molecule has 0 spiro atoms. The van der Waals surface area contributed by atoms with Crippen LogP contribution in [0.4, 0.5) is 0 Å². The van der Waals surface area contributed by atoms with Crippen molar-refractivity contribution in [2.24, 2.45) is 0 Å². The third-order valence-electron chi connectivity index (χ3n) is 3.59. The zero-order chi connectivity index (χ0) is 16.4. The number of hydrogen-bond acceptors (Lipinski definition) is 3. The smallest absolute Gasteiger partial charge is 0.289 e. The number of H-pyrrole nitrogens is 1. The fourth-order valence-corrected chi connectivity index (χ4v) is 2.79. The van der Waals surface area contributed by atoms with Gasteiger partial charge in [0.05, 0.1) is 18.1 Å². The molecule has 0 radical (unpaired) electrons. The van der Waals surface area contributed by atoms with Crippen molar-refractivity contribution in [2.75, 3.05) is 14.2 Å². The van der Waals surface area contributed by atoms with E-state index in [0.29, 0.717) is 12.4 Å². The van der Waals surface area contributed by atoms with E-state index >= 15 is 0 Å². The predicted octanol–water partition coefficient (Wildman–Crippen LogP) is 3.61. The van der Waals surface area contributed by atoms with Crippen LogP contribution in [0, 0.1) is 0 Å². The summed E-state index contributed by atoms with van der Waals surface area (Å²) in [6, 6.07) is 13.3. The van der Waals surface area contributed by atoms with E-state index in [0.717, 1.165) is 26.8 Å². The number of amides is 1. The Morgan fingerprint density at radius 1 is 1.30 bits per heavy atom. The second kappa shape index (κ2) is 6.42. The van der Waals surface area contributed by atoms with Gasteiger partial charge in [0.15, 0.2) is 5.82 Å². The van der Waals surface area contributed by atoms with Gasteiger partial charge < -0.3 is 14.6 Å². The Morgan fingerprint density at radius 2 is 2.09 bits per heavy atom. The lowest BCUT2D eigenvalue weighted by Gasteiger charge is -2.17. The number of ether oxygens (including phenoxy) is 1. The first-order chi connectivity index (χ1) is 11.1. The van der Waals surface area contributed by atoms with Gasteiger partial charge in [0.25, 0.3) is 5.91 Å². The van der Waals surface area contributed by atoms with Gasteiger partial charge in [0, 0.05) is 23.6 Å². The summed E-state index contributed by atoms with van der Waals surface area (Å²) < 4.78 is 6.27. The number of nitrogens with one attached hydrogen (secondary N) is 1. The molecular weight excluding hydrogens is 358 g/mol. The standard InChI is InChI=1S/C17H16BrN3O2/c1-21(10-11-5-3-4-6-15(11)23-2)17(22)16-19-13-8-7-12(18)9-14(13)20-16/h3-9H,10H2,1-2H3,(H,19,20). The maximum Gasteiger partial charge on any atom is 0.289 e. The van der Waals surface area contributed by atoms with Crippen LogP contribution in [0.3, 0.4) is 0 Å². The Labute approximate surface area is 142 Å². The van der Waals surface area contributed by atoms with E-state index in [2.05, 4.69) is 25.9 Å². The summed E-state index contributed by atoms with van der Waals surface area (Å²) in [5.41, 5.74) is 2.54. The monoisotopic (exact) mass is 373 g/mol. The van der Waals surface area contributed by atoms with Crippen molar-refractivity contribution in [3.8, 4) is 5.75 Å². The fraction of sp³-hybridized carbons (Fsp3) is 0.176. The summed E-state index contributed by atoms with van der Waals surface area (Å²) >= 11 is 3.41. The number of aromatic amines is 1. The Bertz CT molecular complexity index is 860. The summed E-state index contributed by atoms with van der Waals surface area (Å²) in [7, 11) is 3.37. The fourth-order valence-electron chi connectivity index (χ4n) is 2.42. The molecule has 5 nitrogen and oxygen atoms in total. The van der Waals surface area contributed by atoms with E-state index in [1.54, 1.807) is 19.1 Å². The van der Waals surface area contributed by atoms with Gasteiger partial charge in [-0.15, -0.1) is 0 Å². The highest BCUT2D eigenvalue weighted by molar-refractivity contribution is 9.10. The van der Waals surface area contributed by atoms with E-state index in [4.69, 9.17) is 4.74 Å². The predicted molar refractivity (Wildman–Crippen MR) is 92.6 cm³/mol. The van der Waals surface area contributed by atoms with Crippen LogP contribution in [0.5, 0.6) is 5.75 Å². The molecule has 0 saturated heterocycles. The molecule has 3 rings (SSSR count). The van der Waals surface area contributed by atoms with Gasteiger partial charge in [-0.1, -0.05) is 34.1 Å². The van der Waals surface area contributed by atoms with Crippen LogP contribution in [0.1, 0.15) is 16.2 Å². The first-order valence-electron chi connectivity index (χ1n) is 7.11. The molecule has 2 aromatic carbocycles. The topological polar surface area (TPSA) is 58.2 Å². The first-order valence-corrected chi connectivity index (χ1v) is 7.90. The van der Waals surface area contributed by atoms with Crippen LogP contribution in [-0.2, 0) is 6.54 Å². The minimum atomic E-state index is -0.164. The Balaban J connectivity index is 1.83. The molecule has 0 atom stereocenters. The lowest BCUT2D eigenvalue weighted by Crippen LogP contribution is -2.27. The molecule has 0 fully saturated rings. The van der Waals surface area contributed by atoms with E-state index in [1.807, 2.05) is 42.5 Å². The first kappa shape index (κ1) is 15.6. The quantitative estimate of drug-likeness (QED) is 0.759. The molecule has 0 unspecified atom stereocenters. The number of aromatic nitrogens is 2. The lowest BCUT2D eigenvalue weighted by molar-refractivity contribution is 0.0773. The van der Waals surface area contributed by atoms with Crippen LogP contribution in [0.25, 0.3) is 11.0 Å². The zero-order valence-electron chi connectivity index (χ0n) is 12.8. The average molecular weight is 374 g/mol. The number of nitrogens with zero attached hydrogens (tertiary/aromatic N) is 2. The van der Waals surface area contributed by atoms with Crippen molar-refractivity contribution >= 4 is 32.9 Å². The molecular formula is C17H16BrN3O2. The molecule has 118 valence electrons. The molecule has 1 amide bonds. The lowest BCUT2D eigenvalue weighted by atomic mass is 10.2. The maximum atomic E-state index is 12.6.